The SMILES string of the molecule is CCCCc1cccc2c(CCCCN)c(-c3ccc(C(C)(C)C)cc3)[nH]c12. The number of aryl methyl sites for hydroxylation is 2. The molecule has 0 aliphatic rings. The number of unbranched alkanes of at least 4 members (excludes halogenated alkanes) is 2. The summed E-state index contributed by atoms with van der Waals surface area (Å²) in [6, 6.07) is 15.9. The van der Waals surface area contributed by atoms with Gasteiger partial charge in [-0.3, -0.25) is 0 Å². The number of rotatable bonds is 8. The number of H-pyrrole nitrogens is 1. The second-order valence-electron chi connectivity index (χ2n) is 8.99. The van der Waals surface area contributed by atoms with E-state index in [0.717, 1.165) is 32.2 Å². The van der Waals surface area contributed by atoms with Crippen molar-refractivity contribution in [1.29, 1.82) is 0 Å². The predicted molar refractivity (Wildman–Crippen MR) is 123 cm³/mol. The van der Waals surface area contributed by atoms with Gasteiger partial charge in [-0.1, -0.05) is 76.6 Å². The zero-order valence-corrected chi connectivity index (χ0v) is 18.1. The summed E-state index contributed by atoms with van der Waals surface area (Å²) in [6.45, 7) is 9.82. The molecule has 0 amide bonds. The maximum atomic E-state index is 5.76. The zero-order chi connectivity index (χ0) is 20.1. The highest BCUT2D eigenvalue weighted by molar-refractivity contribution is 5.92. The normalized spacial score (nSPS) is 12.0. The molecule has 0 spiro atoms. The third-order valence-electron chi connectivity index (χ3n) is 5.75. The van der Waals surface area contributed by atoms with Gasteiger partial charge in [-0.25, -0.2) is 0 Å². The first-order valence-corrected chi connectivity index (χ1v) is 10.9. The van der Waals surface area contributed by atoms with E-state index in [4.69, 9.17) is 5.73 Å². The summed E-state index contributed by atoms with van der Waals surface area (Å²) in [6.07, 6.45) is 6.88. The Hall–Kier alpha value is -2.06. The van der Waals surface area contributed by atoms with E-state index in [-0.39, 0.29) is 5.41 Å². The number of aromatic amines is 1. The molecule has 0 radical (unpaired) electrons. The van der Waals surface area contributed by atoms with Gasteiger partial charge >= 0.3 is 0 Å². The van der Waals surface area contributed by atoms with Crippen molar-refractivity contribution in [2.45, 2.75) is 71.6 Å². The maximum Gasteiger partial charge on any atom is 0.0497 e. The van der Waals surface area contributed by atoms with Crippen LogP contribution < -0.4 is 5.73 Å². The second-order valence-corrected chi connectivity index (χ2v) is 8.99. The van der Waals surface area contributed by atoms with Crippen molar-refractivity contribution >= 4 is 10.9 Å². The zero-order valence-electron chi connectivity index (χ0n) is 18.1. The molecule has 2 aromatic carbocycles. The maximum absolute atomic E-state index is 5.76. The van der Waals surface area contributed by atoms with E-state index in [1.54, 1.807) is 0 Å². The van der Waals surface area contributed by atoms with Crippen LogP contribution in [-0.4, -0.2) is 11.5 Å². The minimum Gasteiger partial charge on any atom is -0.354 e. The summed E-state index contributed by atoms with van der Waals surface area (Å²) in [5, 5.41) is 1.39. The van der Waals surface area contributed by atoms with Crippen LogP contribution in [0.5, 0.6) is 0 Å². The first kappa shape index (κ1) is 20.7. The van der Waals surface area contributed by atoms with Gasteiger partial charge in [0.05, 0.1) is 0 Å². The summed E-state index contributed by atoms with van der Waals surface area (Å²) in [7, 11) is 0. The standard InChI is InChI=1S/C26H36N2/c1-5-6-10-19-11-9-13-23-22(12-7-8-18-27)25(28-24(19)23)20-14-16-21(17-15-20)26(2,3)4/h9,11,13-17,28H,5-8,10,12,18,27H2,1-4H3. The molecular weight excluding hydrogens is 340 g/mol. The highest BCUT2D eigenvalue weighted by atomic mass is 14.7. The molecule has 0 unspecified atom stereocenters. The molecule has 2 heteroatoms. The van der Waals surface area contributed by atoms with Crippen LogP contribution in [0.4, 0.5) is 0 Å². The van der Waals surface area contributed by atoms with Crippen LogP contribution in [-0.2, 0) is 18.3 Å². The first-order chi connectivity index (χ1) is 13.5. The molecular formula is C26H36N2. The summed E-state index contributed by atoms with van der Waals surface area (Å²) in [4.78, 5) is 3.81. The Morgan fingerprint density at radius 2 is 1.64 bits per heavy atom. The molecule has 0 saturated carbocycles. The molecule has 3 N–H and O–H groups in total. The third-order valence-corrected chi connectivity index (χ3v) is 5.75. The number of benzene rings is 2. The van der Waals surface area contributed by atoms with E-state index in [9.17, 15) is 0 Å². The molecule has 0 saturated heterocycles. The van der Waals surface area contributed by atoms with Crippen molar-refractivity contribution in [1.82, 2.24) is 4.98 Å². The highest BCUT2D eigenvalue weighted by Gasteiger charge is 2.17. The molecule has 1 aromatic heterocycles. The van der Waals surface area contributed by atoms with Crippen LogP contribution in [0.1, 0.15) is 70.1 Å². The topological polar surface area (TPSA) is 41.8 Å². The van der Waals surface area contributed by atoms with E-state index in [0.29, 0.717) is 0 Å². The molecule has 0 aliphatic carbocycles. The van der Waals surface area contributed by atoms with Gasteiger partial charge < -0.3 is 10.7 Å². The fourth-order valence-corrected chi connectivity index (χ4v) is 4.00. The quantitative estimate of drug-likeness (QED) is 0.419. The molecule has 0 aliphatic heterocycles. The third kappa shape index (κ3) is 4.50. The van der Waals surface area contributed by atoms with E-state index < -0.39 is 0 Å². The number of fused-ring (bicyclic) bond motifs is 1. The minimum atomic E-state index is 0.177. The van der Waals surface area contributed by atoms with Crippen LogP contribution in [0.2, 0.25) is 0 Å². The lowest BCUT2D eigenvalue weighted by Crippen LogP contribution is -2.10. The van der Waals surface area contributed by atoms with Crippen molar-refractivity contribution in [3.63, 3.8) is 0 Å². The van der Waals surface area contributed by atoms with Gasteiger partial charge in [0, 0.05) is 16.6 Å². The van der Waals surface area contributed by atoms with E-state index in [2.05, 4.69) is 75.1 Å². The van der Waals surface area contributed by atoms with Crippen molar-refractivity contribution in [3.05, 3.63) is 59.2 Å². The number of nitrogens with two attached hydrogens (primary N) is 1. The summed E-state index contributed by atoms with van der Waals surface area (Å²) < 4.78 is 0. The smallest absolute Gasteiger partial charge is 0.0497 e. The van der Waals surface area contributed by atoms with Gasteiger partial charge in [0.2, 0.25) is 0 Å². The van der Waals surface area contributed by atoms with Crippen LogP contribution in [0.15, 0.2) is 42.5 Å². The molecule has 0 bridgehead atoms. The fraction of sp³-hybridized carbons (Fsp3) is 0.462. The molecule has 2 nitrogen and oxygen atoms in total. The summed E-state index contributed by atoms with van der Waals surface area (Å²) in [5.41, 5.74) is 14.1. The highest BCUT2D eigenvalue weighted by Crippen LogP contribution is 2.34. The molecule has 3 aromatic rings. The molecule has 0 fully saturated rings. The Labute approximate surface area is 170 Å². The average molecular weight is 377 g/mol. The number of hydrogen-bond donors (Lipinski definition) is 2. The molecule has 3 rings (SSSR count). The van der Waals surface area contributed by atoms with Gasteiger partial charge in [-0.05, 0) is 66.3 Å². The van der Waals surface area contributed by atoms with Gasteiger partial charge in [0.15, 0.2) is 0 Å². The average Bonchev–Trinajstić information content (AvgIpc) is 3.05. The largest absolute Gasteiger partial charge is 0.354 e. The Morgan fingerprint density at radius 3 is 2.29 bits per heavy atom. The molecule has 0 atom stereocenters. The van der Waals surface area contributed by atoms with E-state index in [1.807, 2.05) is 0 Å². The Morgan fingerprint density at radius 1 is 0.893 bits per heavy atom. The summed E-state index contributed by atoms with van der Waals surface area (Å²) in [5.74, 6) is 0. The van der Waals surface area contributed by atoms with Crippen LogP contribution >= 0.6 is 0 Å². The molecule has 1 heterocycles. The van der Waals surface area contributed by atoms with E-state index >= 15 is 0 Å². The monoisotopic (exact) mass is 376 g/mol. The number of aromatic nitrogens is 1. The summed E-state index contributed by atoms with van der Waals surface area (Å²) >= 11 is 0. The Bertz CT molecular complexity index is 895. The lowest BCUT2D eigenvalue weighted by molar-refractivity contribution is 0.590. The van der Waals surface area contributed by atoms with Crippen LogP contribution in [0, 0.1) is 0 Å². The number of para-hydroxylation sites is 1. The Kier molecular flexibility index (Phi) is 6.61. The lowest BCUT2D eigenvalue weighted by Gasteiger charge is -2.19. The van der Waals surface area contributed by atoms with Gasteiger partial charge in [0.1, 0.15) is 0 Å². The van der Waals surface area contributed by atoms with Crippen molar-refractivity contribution in [3.8, 4) is 11.3 Å². The first-order valence-electron chi connectivity index (χ1n) is 10.9. The molecule has 28 heavy (non-hydrogen) atoms. The number of nitrogens with one attached hydrogen (secondary N) is 1. The van der Waals surface area contributed by atoms with E-state index in [1.165, 1.54) is 51.7 Å². The Balaban J connectivity index is 2.07. The lowest BCUT2D eigenvalue weighted by atomic mass is 9.86. The van der Waals surface area contributed by atoms with Crippen LogP contribution in [0.25, 0.3) is 22.2 Å². The predicted octanol–water partition coefficient (Wildman–Crippen LogP) is 6.76. The minimum absolute atomic E-state index is 0.177. The van der Waals surface area contributed by atoms with Gasteiger partial charge in [-0.2, -0.15) is 0 Å². The molecule has 150 valence electrons. The second kappa shape index (κ2) is 8.96. The number of hydrogen-bond acceptors (Lipinski definition) is 1. The van der Waals surface area contributed by atoms with Crippen molar-refractivity contribution < 1.29 is 0 Å². The van der Waals surface area contributed by atoms with Gasteiger partial charge in [0.25, 0.3) is 0 Å². The fourth-order valence-electron chi connectivity index (χ4n) is 4.00. The van der Waals surface area contributed by atoms with Crippen molar-refractivity contribution in [2.75, 3.05) is 6.54 Å². The van der Waals surface area contributed by atoms with Crippen molar-refractivity contribution in [2.24, 2.45) is 5.73 Å². The van der Waals surface area contributed by atoms with Crippen LogP contribution in [0.3, 0.4) is 0 Å². The van der Waals surface area contributed by atoms with Gasteiger partial charge in [-0.15, -0.1) is 0 Å².